The quantitative estimate of drug-likeness (QED) is 0.812. The number of amides is 1. The van der Waals surface area contributed by atoms with E-state index in [1.54, 1.807) is 30.3 Å². The molecule has 0 aliphatic carbocycles. The molecule has 2 aromatic rings. The summed E-state index contributed by atoms with van der Waals surface area (Å²) in [5, 5.41) is 3.11. The average Bonchev–Trinajstić information content (AvgIpc) is 2.54. The fraction of sp³-hybridized carbons (Fsp3) is 0.263. The van der Waals surface area contributed by atoms with Crippen LogP contribution in [0.25, 0.3) is 0 Å². The summed E-state index contributed by atoms with van der Waals surface area (Å²) in [4.78, 5) is 24.6. The van der Waals surface area contributed by atoms with Crippen LogP contribution in [0.1, 0.15) is 28.4 Å². The molecular weight excluding hydrogens is 342 g/mol. The van der Waals surface area contributed by atoms with Crippen LogP contribution in [0.5, 0.6) is 5.75 Å². The molecule has 0 heterocycles. The second kappa shape index (κ2) is 8.03. The molecule has 0 spiro atoms. The van der Waals surface area contributed by atoms with E-state index in [2.05, 4.69) is 5.32 Å². The molecule has 0 fully saturated rings. The molecule has 2 aromatic carbocycles. The Bertz CT molecular complexity index is 784. The Morgan fingerprint density at radius 1 is 1.08 bits per heavy atom. The zero-order valence-electron chi connectivity index (χ0n) is 14.6. The van der Waals surface area contributed by atoms with Crippen molar-refractivity contribution in [2.24, 2.45) is 0 Å². The number of methoxy groups -OCH3 is 1. The SMILES string of the molecule is COc1ccc(Cl)cc1NC(=O)[C@@H](C)OC(=O)c1cc(C)cc(C)c1. The van der Waals surface area contributed by atoms with Gasteiger partial charge in [0.25, 0.3) is 5.91 Å². The van der Waals surface area contributed by atoms with Gasteiger partial charge in [0.15, 0.2) is 6.10 Å². The number of halogens is 1. The summed E-state index contributed by atoms with van der Waals surface area (Å²) in [6.07, 6.45) is -0.975. The zero-order valence-corrected chi connectivity index (χ0v) is 15.3. The van der Waals surface area contributed by atoms with Crippen LogP contribution in [0.3, 0.4) is 0 Å². The van der Waals surface area contributed by atoms with Gasteiger partial charge >= 0.3 is 5.97 Å². The summed E-state index contributed by atoms with van der Waals surface area (Å²) in [5.74, 6) is -0.559. The van der Waals surface area contributed by atoms with E-state index in [4.69, 9.17) is 21.1 Å². The van der Waals surface area contributed by atoms with E-state index in [-0.39, 0.29) is 0 Å². The lowest BCUT2D eigenvalue weighted by Crippen LogP contribution is -2.30. The number of hydrogen-bond acceptors (Lipinski definition) is 4. The summed E-state index contributed by atoms with van der Waals surface area (Å²) in [6, 6.07) is 10.3. The van der Waals surface area contributed by atoms with Crippen LogP contribution >= 0.6 is 11.6 Å². The van der Waals surface area contributed by atoms with Gasteiger partial charge in [-0.1, -0.05) is 28.8 Å². The van der Waals surface area contributed by atoms with Crippen LogP contribution in [0.15, 0.2) is 36.4 Å². The Hall–Kier alpha value is -2.53. The Morgan fingerprint density at radius 3 is 2.32 bits per heavy atom. The first-order valence-corrected chi connectivity index (χ1v) is 8.11. The number of carbonyl (C=O) groups excluding carboxylic acids is 2. The highest BCUT2D eigenvalue weighted by atomic mass is 35.5. The van der Waals surface area contributed by atoms with E-state index >= 15 is 0 Å². The number of nitrogens with one attached hydrogen (secondary N) is 1. The second-order valence-electron chi connectivity index (χ2n) is 5.76. The van der Waals surface area contributed by atoms with Gasteiger partial charge in [0.2, 0.25) is 0 Å². The van der Waals surface area contributed by atoms with E-state index in [0.717, 1.165) is 11.1 Å². The lowest BCUT2D eigenvalue weighted by molar-refractivity contribution is -0.123. The lowest BCUT2D eigenvalue weighted by Gasteiger charge is -2.15. The molecule has 0 aromatic heterocycles. The van der Waals surface area contributed by atoms with Gasteiger partial charge in [0, 0.05) is 5.02 Å². The van der Waals surface area contributed by atoms with E-state index in [1.807, 2.05) is 19.9 Å². The molecule has 5 nitrogen and oxygen atoms in total. The number of benzene rings is 2. The number of ether oxygens (including phenoxy) is 2. The predicted octanol–water partition coefficient (Wildman–Crippen LogP) is 4.15. The maximum absolute atomic E-state index is 12.3. The van der Waals surface area contributed by atoms with Crippen molar-refractivity contribution in [1.82, 2.24) is 0 Å². The summed E-state index contributed by atoms with van der Waals surface area (Å²) < 4.78 is 10.4. The van der Waals surface area contributed by atoms with Gasteiger partial charge in [-0.15, -0.1) is 0 Å². The van der Waals surface area contributed by atoms with Crippen LogP contribution in [-0.4, -0.2) is 25.1 Å². The van der Waals surface area contributed by atoms with Crippen LogP contribution in [0.4, 0.5) is 5.69 Å². The zero-order chi connectivity index (χ0) is 18.6. The van der Waals surface area contributed by atoms with Crippen molar-refractivity contribution >= 4 is 29.2 Å². The molecule has 2 rings (SSSR count). The fourth-order valence-electron chi connectivity index (χ4n) is 2.39. The fourth-order valence-corrected chi connectivity index (χ4v) is 2.56. The highest BCUT2D eigenvalue weighted by Crippen LogP contribution is 2.27. The number of rotatable bonds is 5. The molecule has 25 heavy (non-hydrogen) atoms. The van der Waals surface area contributed by atoms with E-state index in [9.17, 15) is 9.59 Å². The van der Waals surface area contributed by atoms with Crippen molar-refractivity contribution in [2.45, 2.75) is 26.9 Å². The molecule has 1 atom stereocenters. The van der Waals surface area contributed by atoms with E-state index in [0.29, 0.717) is 22.0 Å². The van der Waals surface area contributed by atoms with Crippen molar-refractivity contribution < 1.29 is 19.1 Å². The standard InChI is InChI=1S/C19H20ClNO4/c1-11-7-12(2)9-14(8-11)19(23)25-13(3)18(22)21-16-10-15(20)5-6-17(16)24-4/h5-10,13H,1-4H3,(H,21,22)/t13-/m1/s1. The molecular formula is C19H20ClNO4. The average molecular weight is 362 g/mol. The Labute approximate surface area is 151 Å². The minimum absolute atomic E-state index is 0.411. The first kappa shape index (κ1) is 18.8. The van der Waals surface area contributed by atoms with Crippen LogP contribution in [0.2, 0.25) is 5.02 Å². The lowest BCUT2D eigenvalue weighted by atomic mass is 10.1. The smallest absolute Gasteiger partial charge is 0.338 e. The molecule has 0 saturated carbocycles. The molecule has 1 N–H and O–H groups in total. The first-order valence-electron chi connectivity index (χ1n) is 7.74. The third-order valence-corrected chi connectivity index (χ3v) is 3.76. The van der Waals surface area contributed by atoms with Gasteiger partial charge in [0.1, 0.15) is 5.75 Å². The topological polar surface area (TPSA) is 64.6 Å². The van der Waals surface area contributed by atoms with Crippen LogP contribution < -0.4 is 10.1 Å². The van der Waals surface area contributed by atoms with Gasteiger partial charge in [-0.05, 0) is 51.1 Å². The van der Waals surface area contributed by atoms with E-state index < -0.39 is 18.0 Å². The number of esters is 1. The molecule has 0 bridgehead atoms. The van der Waals surface area contributed by atoms with Gasteiger partial charge in [-0.3, -0.25) is 4.79 Å². The largest absolute Gasteiger partial charge is 0.495 e. The summed E-state index contributed by atoms with van der Waals surface area (Å²) in [7, 11) is 1.49. The van der Waals surface area contributed by atoms with Crippen molar-refractivity contribution in [1.29, 1.82) is 0 Å². The number of aryl methyl sites for hydroxylation is 2. The highest BCUT2D eigenvalue weighted by molar-refractivity contribution is 6.31. The molecule has 6 heteroatoms. The van der Waals surface area contributed by atoms with Gasteiger partial charge in [-0.25, -0.2) is 4.79 Å². The molecule has 0 aliphatic heterocycles. The maximum atomic E-state index is 12.3. The Morgan fingerprint density at radius 2 is 1.72 bits per heavy atom. The van der Waals surface area contributed by atoms with Gasteiger partial charge in [-0.2, -0.15) is 0 Å². The number of anilines is 1. The minimum atomic E-state index is -0.975. The van der Waals surface area contributed by atoms with E-state index in [1.165, 1.54) is 14.0 Å². The minimum Gasteiger partial charge on any atom is -0.495 e. The normalized spacial score (nSPS) is 11.6. The van der Waals surface area contributed by atoms with Gasteiger partial charge < -0.3 is 14.8 Å². The third kappa shape index (κ3) is 4.97. The molecule has 0 radical (unpaired) electrons. The van der Waals surface area contributed by atoms with Crippen molar-refractivity contribution in [3.63, 3.8) is 0 Å². The molecule has 0 unspecified atom stereocenters. The molecule has 0 aliphatic rings. The van der Waals surface area contributed by atoms with Crippen LogP contribution in [0, 0.1) is 13.8 Å². The number of hydrogen-bond donors (Lipinski definition) is 1. The third-order valence-electron chi connectivity index (χ3n) is 3.53. The van der Waals surface area contributed by atoms with Crippen LogP contribution in [-0.2, 0) is 9.53 Å². The molecule has 1 amide bonds. The van der Waals surface area contributed by atoms with Crippen molar-refractivity contribution in [3.05, 3.63) is 58.1 Å². The Balaban J connectivity index is 2.07. The Kier molecular flexibility index (Phi) is 6.04. The second-order valence-corrected chi connectivity index (χ2v) is 6.19. The first-order chi connectivity index (χ1) is 11.8. The monoisotopic (exact) mass is 361 g/mol. The molecule has 0 saturated heterocycles. The summed E-state index contributed by atoms with van der Waals surface area (Å²) in [6.45, 7) is 5.30. The van der Waals surface area contributed by atoms with Crippen molar-refractivity contribution in [2.75, 3.05) is 12.4 Å². The maximum Gasteiger partial charge on any atom is 0.338 e. The van der Waals surface area contributed by atoms with Crippen molar-refractivity contribution in [3.8, 4) is 5.75 Å². The summed E-state index contributed by atoms with van der Waals surface area (Å²) in [5.41, 5.74) is 2.73. The predicted molar refractivity (Wildman–Crippen MR) is 97.4 cm³/mol. The summed E-state index contributed by atoms with van der Waals surface area (Å²) >= 11 is 5.94. The molecule has 132 valence electrons. The van der Waals surface area contributed by atoms with Gasteiger partial charge in [0.05, 0.1) is 18.4 Å². The number of carbonyl (C=O) groups is 2. The highest BCUT2D eigenvalue weighted by Gasteiger charge is 2.20.